The minimum atomic E-state index is 0.128. The lowest BCUT2D eigenvalue weighted by atomic mass is 10.1. The van der Waals surface area contributed by atoms with Crippen LogP contribution in [0, 0.1) is 11.3 Å². The van der Waals surface area contributed by atoms with E-state index in [4.69, 9.17) is 4.74 Å². The molecule has 66 valence electrons. The highest BCUT2D eigenvalue weighted by Crippen LogP contribution is 2.56. The van der Waals surface area contributed by atoms with E-state index in [1.807, 2.05) is 0 Å². The maximum atomic E-state index is 10.1. The Balaban J connectivity index is 1.99. The van der Waals surface area contributed by atoms with Crippen molar-refractivity contribution in [2.45, 2.75) is 32.8 Å². The second-order valence-electron chi connectivity index (χ2n) is 4.32. The van der Waals surface area contributed by atoms with E-state index in [1.54, 1.807) is 0 Å². The molecule has 2 aliphatic carbocycles. The van der Waals surface area contributed by atoms with Gasteiger partial charge in [-0.05, 0) is 12.8 Å². The minimum absolute atomic E-state index is 0.128. The summed E-state index contributed by atoms with van der Waals surface area (Å²) in [6.07, 6.45) is 4.91. The molecule has 12 heavy (non-hydrogen) atoms. The summed E-state index contributed by atoms with van der Waals surface area (Å²) in [5.74, 6) is 0.472. The van der Waals surface area contributed by atoms with E-state index in [0.717, 1.165) is 0 Å². The van der Waals surface area contributed by atoms with Crippen molar-refractivity contribution < 1.29 is 9.53 Å². The Hall–Kier alpha value is -0.790. The van der Waals surface area contributed by atoms with Crippen molar-refractivity contribution in [1.82, 2.24) is 0 Å². The van der Waals surface area contributed by atoms with Crippen LogP contribution in [-0.4, -0.2) is 12.6 Å². The normalized spacial score (nSPS) is 35.7. The topological polar surface area (TPSA) is 26.3 Å². The molecule has 0 aromatic carbocycles. The molecule has 0 radical (unpaired) electrons. The zero-order valence-corrected chi connectivity index (χ0v) is 7.54. The number of carbonyl (C=O) groups excluding carboxylic acids is 1. The van der Waals surface area contributed by atoms with Crippen LogP contribution in [0.25, 0.3) is 0 Å². The lowest BCUT2D eigenvalue weighted by Crippen LogP contribution is -1.98. The van der Waals surface area contributed by atoms with Crippen LogP contribution in [0.15, 0.2) is 11.6 Å². The summed E-state index contributed by atoms with van der Waals surface area (Å²) in [7, 11) is 0. The Morgan fingerprint density at radius 3 is 2.67 bits per heavy atom. The van der Waals surface area contributed by atoms with E-state index < -0.39 is 0 Å². The third-order valence-electron chi connectivity index (χ3n) is 2.97. The predicted octanol–water partition coefficient (Wildman–Crippen LogP) is 1.90. The standard InChI is InChI=1S/C10H14O2/c1-10(2)8(5-7-3-4-7)9(10)12-6-11/h5-6,8-9H,3-4H2,1-2H3. The molecule has 0 N–H and O–H groups in total. The molecule has 2 aliphatic rings. The highest BCUT2D eigenvalue weighted by atomic mass is 16.5. The molecule has 2 atom stereocenters. The zero-order valence-electron chi connectivity index (χ0n) is 7.54. The van der Waals surface area contributed by atoms with Gasteiger partial charge in [0.1, 0.15) is 6.10 Å². The van der Waals surface area contributed by atoms with Crippen molar-refractivity contribution in [2.24, 2.45) is 11.3 Å². The first kappa shape index (κ1) is 7.84. The summed E-state index contributed by atoms with van der Waals surface area (Å²) in [4.78, 5) is 10.1. The molecule has 2 heteroatoms. The van der Waals surface area contributed by atoms with E-state index in [9.17, 15) is 4.79 Å². The molecular weight excluding hydrogens is 152 g/mol. The van der Waals surface area contributed by atoms with Crippen LogP contribution in [0.3, 0.4) is 0 Å². The summed E-state index contributed by atoms with van der Waals surface area (Å²) in [6, 6.07) is 0. The first-order valence-corrected chi connectivity index (χ1v) is 4.45. The molecule has 2 nitrogen and oxygen atoms in total. The molecule has 0 aromatic rings. The van der Waals surface area contributed by atoms with Crippen LogP contribution >= 0.6 is 0 Å². The third kappa shape index (κ3) is 1.15. The van der Waals surface area contributed by atoms with Gasteiger partial charge in [-0.3, -0.25) is 4.79 Å². The number of rotatable bonds is 3. The molecule has 0 saturated heterocycles. The summed E-state index contributed by atoms with van der Waals surface area (Å²) < 4.78 is 4.98. The fraction of sp³-hybridized carbons (Fsp3) is 0.700. The third-order valence-corrected chi connectivity index (χ3v) is 2.97. The molecule has 0 aromatic heterocycles. The van der Waals surface area contributed by atoms with Gasteiger partial charge >= 0.3 is 0 Å². The quantitative estimate of drug-likeness (QED) is 0.473. The molecule has 0 spiro atoms. The van der Waals surface area contributed by atoms with Gasteiger partial charge in [0.2, 0.25) is 0 Å². The van der Waals surface area contributed by atoms with Crippen LogP contribution < -0.4 is 0 Å². The Morgan fingerprint density at radius 2 is 2.17 bits per heavy atom. The van der Waals surface area contributed by atoms with Crippen molar-refractivity contribution in [1.29, 1.82) is 0 Å². The fourth-order valence-electron chi connectivity index (χ4n) is 1.74. The Kier molecular flexibility index (Phi) is 1.53. The highest BCUT2D eigenvalue weighted by Gasteiger charge is 2.59. The van der Waals surface area contributed by atoms with E-state index in [2.05, 4.69) is 19.9 Å². The van der Waals surface area contributed by atoms with Crippen molar-refractivity contribution in [3.63, 3.8) is 0 Å². The average Bonchev–Trinajstić information content (AvgIpc) is 2.86. The molecule has 2 saturated carbocycles. The summed E-state index contributed by atoms with van der Waals surface area (Å²) in [6.45, 7) is 4.86. The van der Waals surface area contributed by atoms with Gasteiger partial charge < -0.3 is 4.74 Å². The Morgan fingerprint density at radius 1 is 1.50 bits per heavy atom. The first-order chi connectivity index (χ1) is 5.66. The molecule has 2 unspecified atom stereocenters. The number of carbonyl (C=O) groups is 1. The van der Waals surface area contributed by atoms with E-state index in [1.165, 1.54) is 18.4 Å². The van der Waals surface area contributed by atoms with Gasteiger partial charge in [0.15, 0.2) is 0 Å². The van der Waals surface area contributed by atoms with E-state index in [0.29, 0.717) is 12.4 Å². The fourth-order valence-corrected chi connectivity index (χ4v) is 1.74. The average molecular weight is 166 g/mol. The van der Waals surface area contributed by atoms with Gasteiger partial charge in [0, 0.05) is 11.3 Å². The van der Waals surface area contributed by atoms with E-state index >= 15 is 0 Å². The first-order valence-electron chi connectivity index (χ1n) is 4.45. The van der Waals surface area contributed by atoms with Crippen LogP contribution in [-0.2, 0) is 9.53 Å². The Labute approximate surface area is 72.6 Å². The van der Waals surface area contributed by atoms with Crippen LogP contribution in [0.4, 0.5) is 0 Å². The van der Waals surface area contributed by atoms with Gasteiger partial charge in [-0.25, -0.2) is 0 Å². The lowest BCUT2D eigenvalue weighted by Gasteiger charge is -1.97. The van der Waals surface area contributed by atoms with Crippen molar-refractivity contribution >= 4 is 6.47 Å². The molecule has 0 heterocycles. The summed E-state index contributed by atoms with van der Waals surface area (Å²) in [5, 5.41) is 0. The predicted molar refractivity (Wildman–Crippen MR) is 45.5 cm³/mol. The van der Waals surface area contributed by atoms with Crippen LogP contribution in [0.1, 0.15) is 26.7 Å². The van der Waals surface area contributed by atoms with Gasteiger partial charge in [0.05, 0.1) is 0 Å². The largest absolute Gasteiger partial charge is 0.463 e. The smallest absolute Gasteiger partial charge is 0.293 e. The second-order valence-corrected chi connectivity index (χ2v) is 4.32. The van der Waals surface area contributed by atoms with E-state index in [-0.39, 0.29) is 11.5 Å². The number of allylic oxidation sites excluding steroid dienone is 1. The Bertz CT molecular complexity index is 234. The number of ether oxygens (including phenoxy) is 1. The molecule has 0 amide bonds. The second kappa shape index (κ2) is 2.35. The van der Waals surface area contributed by atoms with Crippen molar-refractivity contribution in [2.75, 3.05) is 0 Å². The molecular formula is C10H14O2. The maximum Gasteiger partial charge on any atom is 0.293 e. The molecule has 2 fully saturated rings. The zero-order chi connectivity index (χ0) is 8.77. The number of hydrogen-bond acceptors (Lipinski definition) is 2. The van der Waals surface area contributed by atoms with Crippen LogP contribution in [0.2, 0.25) is 0 Å². The maximum absolute atomic E-state index is 10.1. The van der Waals surface area contributed by atoms with Crippen LogP contribution in [0.5, 0.6) is 0 Å². The van der Waals surface area contributed by atoms with Gasteiger partial charge in [0.25, 0.3) is 6.47 Å². The minimum Gasteiger partial charge on any atom is -0.463 e. The molecule has 0 bridgehead atoms. The van der Waals surface area contributed by atoms with Crippen molar-refractivity contribution in [3.8, 4) is 0 Å². The SMILES string of the molecule is CC1(C)C(C=C2CC2)C1OC=O. The van der Waals surface area contributed by atoms with Gasteiger partial charge in [-0.1, -0.05) is 25.5 Å². The highest BCUT2D eigenvalue weighted by molar-refractivity contribution is 5.40. The number of hydrogen-bond donors (Lipinski definition) is 0. The van der Waals surface area contributed by atoms with Gasteiger partial charge in [-0.2, -0.15) is 0 Å². The molecule has 2 rings (SSSR count). The van der Waals surface area contributed by atoms with Crippen molar-refractivity contribution in [3.05, 3.63) is 11.6 Å². The summed E-state index contributed by atoms with van der Waals surface area (Å²) >= 11 is 0. The van der Waals surface area contributed by atoms with Gasteiger partial charge in [-0.15, -0.1) is 0 Å². The molecule has 0 aliphatic heterocycles. The summed E-state index contributed by atoms with van der Waals surface area (Å²) in [5.41, 5.74) is 1.71. The lowest BCUT2D eigenvalue weighted by molar-refractivity contribution is -0.130. The monoisotopic (exact) mass is 166 g/mol.